The van der Waals surface area contributed by atoms with Gasteiger partial charge >= 0.3 is 5.97 Å². The molecule has 0 aliphatic carbocycles. The molecule has 1 aromatic rings. The molecule has 6 heteroatoms. The fourth-order valence-corrected chi connectivity index (χ4v) is 2.65. The van der Waals surface area contributed by atoms with Gasteiger partial charge in [0.2, 0.25) is 0 Å². The topological polar surface area (TPSA) is 90.6 Å². The SMILES string of the molecule is CC(C)(C)OC=O.COC(=O)c1ccc(C2CCNCC2)cc1CN. The third-order valence-corrected chi connectivity index (χ3v) is 3.97. The van der Waals surface area contributed by atoms with Crippen molar-refractivity contribution >= 4 is 12.4 Å². The van der Waals surface area contributed by atoms with Gasteiger partial charge in [-0.25, -0.2) is 4.79 Å². The van der Waals surface area contributed by atoms with Gasteiger partial charge in [-0.15, -0.1) is 0 Å². The average Bonchev–Trinajstić information content (AvgIpc) is 2.60. The molecular formula is C19H30N2O4. The molecule has 1 heterocycles. The third-order valence-electron chi connectivity index (χ3n) is 3.97. The van der Waals surface area contributed by atoms with Gasteiger partial charge in [0.15, 0.2) is 0 Å². The molecule has 1 fully saturated rings. The zero-order valence-corrected chi connectivity index (χ0v) is 15.6. The van der Waals surface area contributed by atoms with Gasteiger partial charge in [-0.05, 0) is 69.8 Å². The Morgan fingerprint density at radius 2 is 1.96 bits per heavy atom. The van der Waals surface area contributed by atoms with E-state index in [9.17, 15) is 9.59 Å². The van der Waals surface area contributed by atoms with Crippen molar-refractivity contribution in [1.82, 2.24) is 5.32 Å². The number of carbonyl (C=O) groups excluding carboxylic acids is 2. The lowest BCUT2D eigenvalue weighted by Crippen LogP contribution is -2.26. The van der Waals surface area contributed by atoms with E-state index in [-0.39, 0.29) is 11.6 Å². The van der Waals surface area contributed by atoms with Gasteiger partial charge in [-0.2, -0.15) is 0 Å². The second kappa shape index (κ2) is 10.2. The van der Waals surface area contributed by atoms with Crippen LogP contribution in [-0.2, 0) is 20.8 Å². The maximum atomic E-state index is 11.6. The lowest BCUT2D eigenvalue weighted by Gasteiger charge is -2.23. The predicted octanol–water partition coefficient (Wildman–Crippen LogP) is 2.36. The molecule has 1 aliphatic heterocycles. The van der Waals surface area contributed by atoms with Crippen LogP contribution in [0.1, 0.15) is 61.0 Å². The summed E-state index contributed by atoms with van der Waals surface area (Å²) in [6.07, 6.45) is 2.28. The van der Waals surface area contributed by atoms with Crippen molar-refractivity contribution in [3.8, 4) is 0 Å². The molecule has 1 saturated heterocycles. The van der Waals surface area contributed by atoms with E-state index in [1.807, 2.05) is 32.9 Å². The van der Waals surface area contributed by atoms with Crippen molar-refractivity contribution in [3.05, 3.63) is 34.9 Å². The number of hydrogen-bond donors (Lipinski definition) is 2. The van der Waals surface area contributed by atoms with E-state index in [2.05, 4.69) is 16.1 Å². The van der Waals surface area contributed by atoms with E-state index in [1.54, 1.807) is 0 Å². The molecule has 6 nitrogen and oxygen atoms in total. The summed E-state index contributed by atoms with van der Waals surface area (Å²) in [5.74, 6) is 0.260. The van der Waals surface area contributed by atoms with Gasteiger partial charge in [0.05, 0.1) is 12.7 Å². The number of benzene rings is 1. The Bertz CT molecular complexity index is 561. The van der Waals surface area contributed by atoms with E-state index in [0.29, 0.717) is 24.5 Å². The van der Waals surface area contributed by atoms with Crippen LogP contribution >= 0.6 is 0 Å². The van der Waals surface area contributed by atoms with Crippen LogP contribution < -0.4 is 11.1 Å². The molecule has 0 bridgehead atoms. The smallest absolute Gasteiger partial charge is 0.338 e. The van der Waals surface area contributed by atoms with Gasteiger partial charge in [-0.1, -0.05) is 12.1 Å². The van der Waals surface area contributed by atoms with E-state index in [0.717, 1.165) is 31.5 Å². The highest BCUT2D eigenvalue weighted by atomic mass is 16.5. The molecule has 1 aliphatic rings. The van der Waals surface area contributed by atoms with Crippen LogP contribution in [0, 0.1) is 0 Å². The Labute approximate surface area is 150 Å². The fourth-order valence-electron chi connectivity index (χ4n) is 2.65. The third kappa shape index (κ3) is 7.23. The van der Waals surface area contributed by atoms with Crippen LogP contribution in [0.15, 0.2) is 18.2 Å². The minimum atomic E-state index is -0.318. The first kappa shape index (κ1) is 21.1. The lowest BCUT2D eigenvalue weighted by atomic mass is 9.88. The fraction of sp³-hybridized carbons (Fsp3) is 0.579. The molecule has 0 saturated carbocycles. The van der Waals surface area contributed by atoms with Gasteiger partial charge in [-0.3, -0.25) is 4.79 Å². The molecule has 0 atom stereocenters. The van der Waals surface area contributed by atoms with Crippen LogP contribution in [0.25, 0.3) is 0 Å². The molecule has 0 aromatic heterocycles. The highest BCUT2D eigenvalue weighted by molar-refractivity contribution is 5.91. The first-order valence-corrected chi connectivity index (χ1v) is 8.55. The summed E-state index contributed by atoms with van der Waals surface area (Å²) in [6, 6.07) is 5.93. The van der Waals surface area contributed by atoms with E-state index < -0.39 is 0 Å². The monoisotopic (exact) mass is 350 g/mol. The molecule has 0 spiro atoms. The van der Waals surface area contributed by atoms with E-state index in [1.165, 1.54) is 12.7 Å². The second-order valence-corrected chi connectivity index (χ2v) is 6.96. The number of methoxy groups -OCH3 is 1. The first-order chi connectivity index (χ1) is 11.8. The van der Waals surface area contributed by atoms with Crippen molar-refractivity contribution in [3.63, 3.8) is 0 Å². The summed E-state index contributed by atoms with van der Waals surface area (Å²) in [6.45, 7) is 8.40. The highest BCUT2D eigenvalue weighted by Crippen LogP contribution is 2.27. The maximum absolute atomic E-state index is 11.6. The molecule has 140 valence electrons. The Morgan fingerprint density at radius 3 is 2.40 bits per heavy atom. The number of ether oxygens (including phenoxy) is 2. The summed E-state index contributed by atoms with van der Waals surface area (Å²) < 4.78 is 9.31. The number of esters is 1. The minimum Gasteiger partial charge on any atom is -0.465 e. The van der Waals surface area contributed by atoms with Crippen molar-refractivity contribution in [2.24, 2.45) is 5.73 Å². The standard InChI is InChI=1S/C14H20N2O2.C5H10O2/c1-18-14(17)13-3-2-11(8-12(13)9-15)10-4-6-16-7-5-10;1-5(2,3)7-4-6/h2-3,8,10,16H,4-7,9,15H2,1H3;4H,1-3H3. The highest BCUT2D eigenvalue weighted by Gasteiger charge is 2.18. The molecule has 2 rings (SSSR count). The average molecular weight is 350 g/mol. The zero-order chi connectivity index (χ0) is 18.9. The van der Waals surface area contributed by atoms with Crippen molar-refractivity contribution in [2.45, 2.75) is 51.7 Å². The quantitative estimate of drug-likeness (QED) is 0.640. The Balaban J connectivity index is 0.000000381. The van der Waals surface area contributed by atoms with Crippen LogP contribution in [0.2, 0.25) is 0 Å². The molecule has 0 radical (unpaired) electrons. The normalized spacial score (nSPS) is 14.9. The summed E-state index contributed by atoms with van der Waals surface area (Å²) in [7, 11) is 1.39. The Morgan fingerprint density at radius 1 is 1.32 bits per heavy atom. The number of nitrogens with one attached hydrogen (secondary N) is 1. The lowest BCUT2D eigenvalue weighted by molar-refractivity contribution is -0.138. The number of carbonyl (C=O) groups is 2. The van der Waals surface area contributed by atoms with Crippen molar-refractivity contribution in [1.29, 1.82) is 0 Å². The van der Waals surface area contributed by atoms with E-state index in [4.69, 9.17) is 10.5 Å². The number of hydrogen-bond acceptors (Lipinski definition) is 6. The number of piperidine rings is 1. The number of nitrogens with two attached hydrogens (primary N) is 1. The van der Waals surface area contributed by atoms with E-state index >= 15 is 0 Å². The summed E-state index contributed by atoms with van der Waals surface area (Å²) in [4.78, 5) is 21.2. The van der Waals surface area contributed by atoms with Gasteiger partial charge in [0.25, 0.3) is 6.47 Å². The van der Waals surface area contributed by atoms with Crippen LogP contribution in [0.5, 0.6) is 0 Å². The summed E-state index contributed by atoms with van der Waals surface area (Å²) in [5.41, 5.74) is 8.14. The van der Waals surface area contributed by atoms with Crippen molar-refractivity contribution < 1.29 is 19.1 Å². The largest absolute Gasteiger partial charge is 0.465 e. The number of rotatable bonds is 4. The Kier molecular flexibility index (Phi) is 8.58. The maximum Gasteiger partial charge on any atom is 0.338 e. The summed E-state index contributed by atoms with van der Waals surface area (Å²) in [5, 5.41) is 3.35. The minimum absolute atomic E-state index is 0.313. The molecule has 0 unspecified atom stereocenters. The van der Waals surface area contributed by atoms with Crippen LogP contribution in [-0.4, -0.2) is 38.2 Å². The predicted molar refractivity (Wildman–Crippen MR) is 97.4 cm³/mol. The van der Waals surface area contributed by atoms with Gasteiger partial charge < -0.3 is 20.5 Å². The first-order valence-electron chi connectivity index (χ1n) is 8.55. The van der Waals surface area contributed by atoms with Gasteiger partial charge in [0.1, 0.15) is 5.60 Å². The van der Waals surface area contributed by atoms with Crippen molar-refractivity contribution in [2.75, 3.05) is 20.2 Å². The Hall–Kier alpha value is -1.92. The molecule has 1 aromatic carbocycles. The second-order valence-electron chi connectivity index (χ2n) is 6.96. The van der Waals surface area contributed by atoms with Gasteiger partial charge in [0, 0.05) is 6.54 Å². The zero-order valence-electron chi connectivity index (χ0n) is 15.6. The van der Waals surface area contributed by atoms with Crippen LogP contribution in [0.3, 0.4) is 0 Å². The molecule has 3 N–H and O–H groups in total. The van der Waals surface area contributed by atoms with Crippen LogP contribution in [0.4, 0.5) is 0 Å². The molecule has 25 heavy (non-hydrogen) atoms. The summed E-state index contributed by atoms with van der Waals surface area (Å²) >= 11 is 0. The molecular weight excluding hydrogens is 320 g/mol. The molecule has 0 amide bonds.